The Balaban J connectivity index is 1.50. The second-order valence-corrected chi connectivity index (χ2v) is 7.79. The van der Waals surface area contributed by atoms with E-state index in [1.54, 1.807) is 6.92 Å². The zero-order chi connectivity index (χ0) is 23.1. The number of benzene rings is 2. The molecular weight excluding hydrogens is 412 g/mol. The molecule has 2 aromatic rings. The first-order valence-corrected chi connectivity index (χ1v) is 10.5. The lowest BCUT2D eigenvalue weighted by Gasteiger charge is -2.18. The summed E-state index contributed by atoms with van der Waals surface area (Å²) in [6.45, 7) is 2.02. The Bertz CT molecular complexity index is 931. The highest BCUT2D eigenvalue weighted by Gasteiger charge is 2.29. The van der Waals surface area contributed by atoms with Gasteiger partial charge >= 0.3 is 12.1 Å². The van der Waals surface area contributed by atoms with Crippen molar-refractivity contribution in [1.29, 1.82) is 0 Å². The summed E-state index contributed by atoms with van der Waals surface area (Å²) in [7, 11) is 1.46. The van der Waals surface area contributed by atoms with Gasteiger partial charge in [0.15, 0.2) is 0 Å². The van der Waals surface area contributed by atoms with Crippen LogP contribution in [0.25, 0.3) is 11.1 Å². The Labute approximate surface area is 186 Å². The van der Waals surface area contributed by atoms with Crippen molar-refractivity contribution in [2.45, 2.75) is 25.3 Å². The van der Waals surface area contributed by atoms with Gasteiger partial charge < -0.3 is 25.2 Å². The quantitative estimate of drug-likeness (QED) is 0.524. The average Bonchev–Trinajstić information content (AvgIpc) is 3.12. The number of alkyl carbamates (subject to hydrolysis) is 1. The van der Waals surface area contributed by atoms with Crippen LogP contribution in [0.1, 0.15) is 30.4 Å². The zero-order valence-corrected chi connectivity index (χ0v) is 18.2. The van der Waals surface area contributed by atoms with Crippen molar-refractivity contribution in [3.05, 3.63) is 59.7 Å². The molecule has 3 N–H and O–H groups in total. The van der Waals surface area contributed by atoms with Crippen LogP contribution in [-0.2, 0) is 19.1 Å². The third-order valence-electron chi connectivity index (χ3n) is 5.57. The number of hydrogen-bond donors (Lipinski definition) is 3. The Kier molecular flexibility index (Phi) is 7.83. The van der Waals surface area contributed by atoms with Crippen LogP contribution in [0, 0.1) is 5.92 Å². The second kappa shape index (κ2) is 10.8. The molecule has 0 bridgehead atoms. The summed E-state index contributed by atoms with van der Waals surface area (Å²) in [6, 6.07) is 15.1. The molecule has 0 heterocycles. The molecule has 1 aliphatic carbocycles. The molecule has 2 aromatic carbocycles. The van der Waals surface area contributed by atoms with Crippen LogP contribution in [0.5, 0.6) is 0 Å². The first kappa shape index (κ1) is 23.3. The van der Waals surface area contributed by atoms with E-state index in [0.29, 0.717) is 0 Å². The third kappa shape index (κ3) is 5.45. The van der Waals surface area contributed by atoms with Crippen molar-refractivity contribution < 1.29 is 29.0 Å². The highest BCUT2D eigenvalue weighted by Crippen LogP contribution is 2.44. The van der Waals surface area contributed by atoms with Crippen molar-refractivity contribution in [3.8, 4) is 11.1 Å². The van der Waals surface area contributed by atoms with Gasteiger partial charge in [-0.05, 0) is 22.3 Å². The summed E-state index contributed by atoms with van der Waals surface area (Å²) < 4.78 is 10.3. The first-order valence-electron chi connectivity index (χ1n) is 10.5. The van der Waals surface area contributed by atoms with E-state index in [9.17, 15) is 19.5 Å². The standard InChI is InChI=1S/C24H28N2O6/c1-15(22(27)26-21(23(28)29)11-12-31-2)13-25-24(30)32-14-20-18-9-5-3-7-16(18)17-8-4-6-10-19(17)20/h3-10,15,20-21H,11-14H2,1-2H3,(H,25,30)(H,26,27)(H,28,29). The first-order chi connectivity index (χ1) is 15.4. The number of ether oxygens (including phenoxy) is 2. The van der Waals surface area contributed by atoms with E-state index in [0.717, 1.165) is 22.3 Å². The number of fused-ring (bicyclic) bond motifs is 3. The molecule has 0 fully saturated rings. The van der Waals surface area contributed by atoms with E-state index >= 15 is 0 Å². The Morgan fingerprint density at radius 1 is 1.03 bits per heavy atom. The van der Waals surface area contributed by atoms with Gasteiger partial charge in [0.05, 0.1) is 5.92 Å². The van der Waals surface area contributed by atoms with E-state index in [-0.39, 0.29) is 32.1 Å². The number of nitrogens with one attached hydrogen (secondary N) is 2. The van der Waals surface area contributed by atoms with Crippen molar-refractivity contribution in [3.63, 3.8) is 0 Å². The molecule has 2 unspecified atom stereocenters. The van der Waals surface area contributed by atoms with E-state index < -0.39 is 29.9 Å². The van der Waals surface area contributed by atoms with Gasteiger partial charge in [-0.25, -0.2) is 9.59 Å². The second-order valence-electron chi connectivity index (χ2n) is 7.79. The van der Waals surface area contributed by atoms with Gasteiger partial charge in [-0.3, -0.25) is 4.79 Å². The van der Waals surface area contributed by atoms with Crippen LogP contribution >= 0.6 is 0 Å². The normalized spacial score (nSPS) is 14.1. The van der Waals surface area contributed by atoms with Gasteiger partial charge in [0, 0.05) is 32.6 Å². The summed E-state index contributed by atoms with van der Waals surface area (Å²) in [5, 5.41) is 14.3. The molecule has 2 atom stereocenters. The number of hydrogen-bond acceptors (Lipinski definition) is 5. The summed E-state index contributed by atoms with van der Waals surface area (Å²) >= 11 is 0. The van der Waals surface area contributed by atoms with Gasteiger partial charge in [0.1, 0.15) is 12.6 Å². The van der Waals surface area contributed by atoms with E-state index in [1.165, 1.54) is 7.11 Å². The van der Waals surface area contributed by atoms with Crippen molar-refractivity contribution >= 4 is 18.0 Å². The highest BCUT2D eigenvalue weighted by atomic mass is 16.5. The highest BCUT2D eigenvalue weighted by molar-refractivity contribution is 5.85. The molecule has 170 valence electrons. The number of carbonyl (C=O) groups excluding carboxylic acids is 2. The van der Waals surface area contributed by atoms with Crippen LogP contribution in [0.15, 0.2) is 48.5 Å². The Morgan fingerprint density at radius 2 is 1.62 bits per heavy atom. The van der Waals surface area contributed by atoms with Crippen molar-refractivity contribution in [1.82, 2.24) is 10.6 Å². The predicted octanol–water partition coefficient (Wildman–Crippen LogP) is 2.77. The van der Waals surface area contributed by atoms with Gasteiger partial charge in [-0.15, -0.1) is 0 Å². The zero-order valence-electron chi connectivity index (χ0n) is 18.2. The summed E-state index contributed by atoms with van der Waals surface area (Å²) in [4.78, 5) is 35.8. The molecular formula is C24H28N2O6. The molecule has 8 nitrogen and oxygen atoms in total. The van der Waals surface area contributed by atoms with Gasteiger partial charge in [-0.2, -0.15) is 0 Å². The minimum Gasteiger partial charge on any atom is -0.480 e. The van der Waals surface area contributed by atoms with Gasteiger partial charge in [-0.1, -0.05) is 55.5 Å². The fourth-order valence-electron chi connectivity index (χ4n) is 3.79. The summed E-state index contributed by atoms with van der Waals surface area (Å²) in [5.41, 5.74) is 4.52. The van der Waals surface area contributed by atoms with Crippen molar-refractivity contribution in [2.75, 3.05) is 26.9 Å². The lowest BCUT2D eigenvalue weighted by atomic mass is 9.98. The fourth-order valence-corrected chi connectivity index (χ4v) is 3.79. The van der Waals surface area contributed by atoms with Crippen LogP contribution < -0.4 is 10.6 Å². The molecule has 0 radical (unpaired) electrons. The largest absolute Gasteiger partial charge is 0.480 e. The maximum Gasteiger partial charge on any atom is 0.407 e. The Hall–Kier alpha value is -3.39. The van der Waals surface area contributed by atoms with E-state index in [2.05, 4.69) is 22.8 Å². The molecule has 8 heteroatoms. The minimum absolute atomic E-state index is 0.0269. The lowest BCUT2D eigenvalue weighted by molar-refractivity contribution is -0.142. The molecule has 0 spiro atoms. The molecule has 0 aromatic heterocycles. The SMILES string of the molecule is COCCC(NC(=O)C(C)CNC(=O)OCC1c2ccccc2-c2ccccc21)C(=O)O. The van der Waals surface area contributed by atoms with Crippen LogP contribution in [0.3, 0.4) is 0 Å². The molecule has 1 aliphatic rings. The van der Waals surface area contributed by atoms with Crippen LogP contribution in [-0.4, -0.2) is 56.0 Å². The number of carbonyl (C=O) groups is 3. The predicted molar refractivity (Wildman–Crippen MR) is 118 cm³/mol. The lowest BCUT2D eigenvalue weighted by Crippen LogP contribution is -2.46. The molecule has 0 saturated carbocycles. The maximum absolute atomic E-state index is 12.3. The number of rotatable bonds is 10. The number of carboxylic acids is 1. The Morgan fingerprint density at radius 3 is 2.19 bits per heavy atom. The average molecular weight is 440 g/mol. The van der Waals surface area contributed by atoms with E-state index in [1.807, 2.05) is 36.4 Å². The number of methoxy groups -OCH3 is 1. The van der Waals surface area contributed by atoms with Crippen LogP contribution in [0.4, 0.5) is 4.79 Å². The monoisotopic (exact) mass is 440 g/mol. The number of aliphatic carboxylic acids is 1. The fraction of sp³-hybridized carbons (Fsp3) is 0.375. The molecule has 32 heavy (non-hydrogen) atoms. The van der Waals surface area contributed by atoms with Gasteiger partial charge in [0.25, 0.3) is 0 Å². The molecule has 0 saturated heterocycles. The maximum atomic E-state index is 12.3. The number of amides is 2. The summed E-state index contributed by atoms with van der Waals surface area (Å²) in [5.74, 6) is -2.27. The van der Waals surface area contributed by atoms with E-state index in [4.69, 9.17) is 9.47 Å². The summed E-state index contributed by atoms with van der Waals surface area (Å²) in [6.07, 6.45) is -0.468. The molecule has 0 aliphatic heterocycles. The third-order valence-corrected chi connectivity index (χ3v) is 5.57. The van der Waals surface area contributed by atoms with Gasteiger partial charge in [0.2, 0.25) is 5.91 Å². The van der Waals surface area contributed by atoms with Crippen LogP contribution in [0.2, 0.25) is 0 Å². The molecule has 3 rings (SSSR count). The topological polar surface area (TPSA) is 114 Å². The van der Waals surface area contributed by atoms with Crippen molar-refractivity contribution in [2.24, 2.45) is 5.92 Å². The molecule has 2 amide bonds. The number of carboxylic acid groups (broad SMARTS) is 1. The smallest absolute Gasteiger partial charge is 0.407 e. The minimum atomic E-state index is -1.13.